The number of nitrogens with zero attached hydrogens (tertiary/aromatic N) is 4. The Balaban J connectivity index is 1.36. The summed E-state index contributed by atoms with van der Waals surface area (Å²) in [6.45, 7) is 3.90. The second-order valence-corrected chi connectivity index (χ2v) is 8.61. The van der Waals surface area contributed by atoms with Crippen molar-refractivity contribution in [2.75, 3.05) is 26.2 Å². The summed E-state index contributed by atoms with van der Waals surface area (Å²) in [5.41, 5.74) is 4.41. The fourth-order valence-corrected chi connectivity index (χ4v) is 4.71. The lowest BCUT2D eigenvalue weighted by Crippen LogP contribution is -2.25. The summed E-state index contributed by atoms with van der Waals surface area (Å²) < 4.78 is 21.1. The number of aromatic nitrogens is 4. The molecule has 34 heavy (non-hydrogen) atoms. The van der Waals surface area contributed by atoms with Crippen molar-refractivity contribution in [1.29, 1.82) is 0 Å². The zero-order chi connectivity index (χ0) is 22.9. The minimum atomic E-state index is -0.365. The number of H-pyrrole nitrogens is 1. The van der Waals surface area contributed by atoms with Crippen LogP contribution in [-0.2, 0) is 0 Å². The van der Waals surface area contributed by atoms with E-state index in [2.05, 4.69) is 24.8 Å². The van der Waals surface area contributed by atoms with Crippen molar-refractivity contribution in [3.8, 4) is 28.1 Å². The van der Waals surface area contributed by atoms with Gasteiger partial charge in [0.1, 0.15) is 23.8 Å². The molecule has 4 aromatic heterocycles. The van der Waals surface area contributed by atoms with Crippen molar-refractivity contribution in [2.45, 2.75) is 12.8 Å². The Morgan fingerprint density at radius 1 is 0.971 bits per heavy atom. The van der Waals surface area contributed by atoms with Crippen LogP contribution in [0.2, 0.25) is 0 Å². The maximum Gasteiger partial charge on any atom is 0.150 e. The topological polar surface area (TPSA) is 66.9 Å². The normalized spacial score (nSPS) is 14.3. The highest BCUT2D eigenvalue weighted by Gasteiger charge is 2.17. The molecule has 0 bridgehead atoms. The number of rotatable bonds is 6. The first kappa shape index (κ1) is 20.7. The molecule has 5 heterocycles. The summed E-state index contributed by atoms with van der Waals surface area (Å²) in [4.78, 5) is 18.7. The van der Waals surface area contributed by atoms with Crippen molar-refractivity contribution in [1.82, 2.24) is 24.8 Å². The highest BCUT2D eigenvalue weighted by molar-refractivity contribution is 6.13. The number of hydrogen-bond acceptors (Lipinski definition) is 5. The standard InChI is InChI=1S/C27H24FN5O/c28-22-16-31-27-26(21-14-23(30-17-24(21)32-27)19-4-3-9-29-15-19)25(22)18-5-7-20(8-6-18)34-13-12-33-10-1-2-11-33/h3-9,14-17H,1-2,10-13H2,(H,31,32). The maximum absolute atomic E-state index is 15.2. The third kappa shape index (κ3) is 3.88. The number of fused-ring (bicyclic) bond motifs is 3. The molecule has 1 saturated heterocycles. The molecule has 0 unspecified atom stereocenters. The highest BCUT2D eigenvalue weighted by Crippen LogP contribution is 2.37. The molecule has 7 heteroatoms. The van der Waals surface area contributed by atoms with Gasteiger partial charge >= 0.3 is 0 Å². The van der Waals surface area contributed by atoms with E-state index in [1.807, 2.05) is 42.5 Å². The Morgan fingerprint density at radius 3 is 2.62 bits per heavy atom. The molecule has 6 rings (SSSR count). The average Bonchev–Trinajstić information content (AvgIpc) is 3.53. The predicted molar refractivity (Wildman–Crippen MR) is 131 cm³/mol. The number of nitrogens with one attached hydrogen (secondary N) is 1. The van der Waals surface area contributed by atoms with Gasteiger partial charge in [0.25, 0.3) is 0 Å². The zero-order valence-electron chi connectivity index (χ0n) is 18.7. The molecule has 170 valence electrons. The number of ether oxygens (including phenoxy) is 1. The smallest absolute Gasteiger partial charge is 0.150 e. The zero-order valence-corrected chi connectivity index (χ0v) is 18.7. The second kappa shape index (κ2) is 8.83. The molecule has 6 nitrogen and oxygen atoms in total. The number of pyridine rings is 3. The van der Waals surface area contributed by atoms with Gasteiger partial charge in [-0.25, -0.2) is 9.37 Å². The van der Waals surface area contributed by atoms with E-state index in [1.165, 1.54) is 19.0 Å². The lowest BCUT2D eigenvalue weighted by Gasteiger charge is -2.15. The molecule has 0 radical (unpaired) electrons. The van der Waals surface area contributed by atoms with Crippen LogP contribution < -0.4 is 4.74 Å². The van der Waals surface area contributed by atoms with E-state index in [9.17, 15) is 0 Å². The SMILES string of the molecule is Fc1cnc2[nH]c3cnc(-c4cccnc4)cc3c2c1-c1ccc(OCCN2CCCC2)cc1. The summed E-state index contributed by atoms with van der Waals surface area (Å²) in [5, 5.41) is 1.61. The summed E-state index contributed by atoms with van der Waals surface area (Å²) >= 11 is 0. The molecule has 0 saturated carbocycles. The molecule has 0 aliphatic carbocycles. The van der Waals surface area contributed by atoms with Crippen LogP contribution in [0.4, 0.5) is 4.39 Å². The Hall–Kier alpha value is -3.84. The van der Waals surface area contributed by atoms with Gasteiger partial charge in [-0.05, 0) is 61.8 Å². The molecule has 1 aliphatic rings. The number of aromatic amines is 1. The molecule has 0 amide bonds. The van der Waals surface area contributed by atoms with E-state index < -0.39 is 0 Å². The number of benzene rings is 1. The van der Waals surface area contributed by atoms with Gasteiger partial charge < -0.3 is 9.72 Å². The van der Waals surface area contributed by atoms with Crippen LogP contribution in [-0.4, -0.2) is 51.1 Å². The average molecular weight is 454 g/mol. The quantitative estimate of drug-likeness (QED) is 0.370. The molecular formula is C27H24FN5O. The Kier molecular flexibility index (Phi) is 5.39. The molecule has 1 aromatic carbocycles. The van der Waals surface area contributed by atoms with Crippen LogP contribution in [0.1, 0.15) is 12.8 Å². The van der Waals surface area contributed by atoms with E-state index in [-0.39, 0.29) is 5.82 Å². The van der Waals surface area contributed by atoms with E-state index in [0.717, 1.165) is 58.5 Å². The number of halogens is 1. The minimum absolute atomic E-state index is 0.365. The van der Waals surface area contributed by atoms with Gasteiger partial charge in [0.2, 0.25) is 0 Å². The molecule has 5 aromatic rings. The molecule has 1 N–H and O–H groups in total. The molecule has 0 atom stereocenters. The Labute approximate surface area is 196 Å². The maximum atomic E-state index is 15.2. The van der Waals surface area contributed by atoms with E-state index in [4.69, 9.17) is 4.74 Å². The van der Waals surface area contributed by atoms with Crippen LogP contribution in [0.25, 0.3) is 44.3 Å². The van der Waals surface area contributed by atoms with Gasteiger partial charge in [0.05, 0.1) is 23.6 Å². The van der Waals surface area contributed by atoms with Gasteiger partial charge in [0.15, 0.2) is 0 Å². The van der Waals surface area contributed by atoms with Gasteiger partial charge in [-0.3, -0.25) is 14.9 Å². The van der Waals surface area contributed by atoms with Crippen molar-refractivity contribution in [2.24, 2.45) is 0 Å². The Morgan fingerprint density at radius 2 is 1.82 bits per heavy atom. The van der Waals surface area contributed by atoms with Crippen LogP contribution in [0.3, 0.4) is 0 Å². The third-order valence-corrected chi connectivity index (χ3v) is 6.43. The van der Waals surface area contributed by atoms with Gasteiger partial charge in [0, 0.05) is 40.8 Å². The summed E-state index contributed by atoms with van der Waals surface area (Å²) in [5.74, 6) is 0.423. The van der Waals surface area contributed by atoms with Crippen LogP contribution >= 0.6 is 0 Å². The van der Waals surface area contributed by atoms with Gasteiger partial charge in [-0.15, -0.1) is 0 Å². The van der Waals surface area contributed by atoms with E-state index in [0.29, 0.717) is 17.8 Å². The predicted octanol–water partition coefficient (Wildman–Crippen LogP) is 5.45. The molecular weight excluding hydrogens is 429 g/mol. The van der Waals surface area contributed by atoms with Gasteiger partial charge in [-0.2, -0.15) is 0 Å². The van der Waals surface area contributed by atoms with Crippen molar-refractivity contribution >= 4 is 21.9 Å². The number of likely N-dealkylation sites (tertiary alicyclic amines) is 1. The van der Waals surface area contributed by atoms with Crippen LogP contribution in [0.15, 0.2) is 67.3 Å². The fourth-order valence-electron chi connectivity index (χ4n) is 4.71. The first-order valence-corrected chi connectivity index (χ1v) is 11.6. The minimum Gasteiger partial charge on any atom is -0.492 e. The van der Waals surface area contributed by atoms with Gasteiger partial charge in [-0.1, -0.05) is 12.1 Å². The summed E-state index contributed by atoms with van der Waals surface area (Å²) in [7, 11) is 0. The first-order chi connectivity index (χ1) is 16.8. The summed E-state index contributed by atoms with van der Waals surface area (Å²) in [6, 6.07) is 13.4. The molecule has 1 fully saturated rings. The lowest BCUT2D eigenvalue weighted by molar-refractivity contribution is 0.238. The molecule has 1 aliphatic heterocycles. The van der Waals surface area contributed by atoms with E-state index >= 15 is 4.39 Å². The number of hydrogen-bond donors (Lipinski definition) is 1. The highest BCUT2D eigenvalue weighted by atomic mass is 19.1. The van der Waals surface area contributed by atoms with E-state index in [1.54, 1.807) is 18.6 Å². The first-order valence-electron chi connectivity index (χ1n) is 11.6. The van der Waals surface area contributed by atoms with Crippen molar-refractivity contribution < 1.29 is 9.13 Å². The lowest BCUT2D eigenvalue weighted by atomic mass is 10.0. The van der Waals surface area contributed by atoms with Crippen molar-refractivity contribution in [3.05, 3.63) is 73.1 Å². The fraction of sp³-hybridized carbons (Fsp3) is 0.222. The Bertz CT molecular complexity index is 1440. The monoisotopic (exact) mass is 453 g/mol. The van der Waals surface area contributed by atoms with Crippen LogP contribution in [0.5, 0.6) is 5.75 Å². The third-order valence-electron chi connectivity index (χ3n) is 6.43. The van der Waals surface area contributed by atoms with Crippen molar-refractivity contribution in [3.63, 3.8) is 0 Å². The summed E-state index contributed by atoms with van der Waals surface area (Å²) in [6.07, 6.45) is 9.07. The largest absolute Gasteiger partial charge is 0.492 e. The van der Waals surface area contributed by atoms with Crippen LogP contribution in [0, 0.1) is 5.82 Å². The second-order valence-electron chi connectivity index (χ2n) is 8.61. The molecule has 0 spiro atoms.